The van der Waals surface area contributed by atoms with Gasteiger partial charge in [0.2, 0.25) is 11.8 Å². The summed E-state index contributed by atoms with van der Waals surface area (Å²) in [7, 11) is -6.65. The van der Waals surface area contributed by atoms with Gasteiger partial charge in [-0.1, -0.05) is 56.3 Å². The van der Waals surface area contributed by atoms with E-state index >= 15 is 0 Å². The maximum absolute atomic E-state index is 13.6. The van der Waals surface area contributed by atoms with Crippen LogP contribution in [0.3, 0.4) is 0 Å². The molecule has 0 bridgehead atoms. The van der Waals surface area contributed by atoms with Crippen LogP contribution in [0.15, 0.2) is 42.5 Å². The molecule has 0 spiro atoms. The summed E-state index contributed by atoms with van der Waals surface area (Å²) >= 11 is 0. The Morgan fingerprint density at radius 2 is 1.65 bits per heavy atom. The van der Waals surface area contributed by atoms with Crippen molar-refractivity contribution in [2.24, 2.45) is 17.6 Å². The number of benzene rings is 2. The van der Waals surface area contributed by atoms with Gasteiger partial charge in [-0.2, -0.15) is 4.89 Å². The van der Waals surface area contributed by atoms with Crippen molar-refractivity contribution in [1.29, 1.82) is 0 Å². The molecule has 2 rings (SSSR count). The predicted molar refractivity (Wildman–Crippen MR) is 134 cm³/mol. The largest absolute Gasteiger partial charge is 0.528 e. The number of nitrogens with zero attached hydrogens (tertiary/aromatic N) is 1. The number of carbonyl (C=O) groups excluding carboxylic acids is 2. The molecule has 186 valence electrons. The van der Waals surface area contributed by atoms with Crippen molar-refractivity contribution < 1.29 is 27.5 Å². The van der Waals surface area contributed by atoms with Gasteiger partial charge in [-0.15, -0.1) is 0 Å². The zero-order valence-electron chi connectivity index (χ0n) is 20.3. The second-order valence-corrected chi connectivity index (χ2v) is 13.6. The third kappa shape index (κ3) is 6.69. The molecule has 2 unspecified atom stereocenters. The average Bonchev–Trinajstić information content (AvgIpc) is 2.74. The summed E-state index contributed by atoms with van der Waals surface area (Å²) in [6, 6.07) is 12.0. The highest BCUT2D eigenvalue weighted by atomic mass is 32.2. The molecule has 0 heterocycles. The summed E-state index contributed by atoms with van der Waals surface area (Å²) in [6.45, 7) is 8.03. The van der Waals surface area contributed by atoms with Crippen LogP contribution in [0.4, 0.5) is 0 Å². The maximum Gasteiger partial charge on any atom is 0.528 e. The van der Waals surface area contributed by atoms with Gasteiger partial charge in [0.25, 0.3) is 6.29 Å². The minimum absolute atomic E-state index is 0.0401. The van der Waals surface area contributed by atoms with Gasteiger partial charge in [0.15, 0.2) is 9.84 Å². The second-order valence-electron chi connectivity index (χ2n) is 9.80. The van der Waals surface area contributed by atoms with E-state index in [4.69, 9.17) is 5.73 Å². The van der Waals surface area contributed by atoms with Gasteiger partial charge in [0.05, 0.1) is 22.5 Å². The van der Waals surface area contributed by atoms with E-state index in [9.17, 15) is 27.5 Å². The van der Waals surface area contributed by atoms with E-state index < -0.39 is 58.4 Å². The fraction of sp³-hybridized carbons (Fsp3) is 0.500. The molecule has 8 nitrogen and oxygen atoms in total. The molecular formula is C24H34N2O6PS+. The second kappa shape index (κ2) is 11.0. The minimum Gasteiger partial charge on any atom is -0.320 e. The SMILES string of the molecule is CC(C)[C@H](N)C(=O)N(C[P+](=O)O)C(=O)C(Cc1cccc2ccccc12)CS(=O)(=O)C(C)(C)C. The summed E-state index contributed by atoms with van der Waals surface area (Å²) in [6.07, 6.45) is -0.701. The number of amides is 2. The zero-order valence-corrected chi connectivity index (χ0v) is 22.0. The minimum atomic E-state index is -3.76. The van der Waals surface area contributed by atoms with E-state index in [1.165, 1.54) is 0 Å². The molecule has 0 aliphatic rings. The van der Waals surface area contributed by atoms with E-state index in [0.29, 0.717) is 4.90 Å². The van der Waals surface area contributed by atoms with E-state index in [-0.39, 0.29) is 12.3 Å². The van der Waals surface area contributed by atoms with Crippen LogP contribution in [-0.2, 0) is 30.4 Å². The van der Waals surface area contributed by atoms with Crippen LogP contribution in [-0.4, -0.2) is 52.9 Å². The number of hydrogen-bond donors (Lipinski definition) is 2. The van der Waals surface area contributed by atoms with Crippen molar-refractivity contribution in [3.05, 3.63) is 48.0 Å². The standard InChI is InChI=1S/C24H33N2O6PS/c1-16(2)21(25)23(28)26(15-33(29)30)22(27)19(14-34(31,32)24(3,4)5)13-18-11-8-10-17-9-6-7-12-20(17)18/h6-12,16,19,21H,13-15,25H2,1-5H3/p+1/t19?,21-/m0/s1. The number of nitrogens with two attached hydrogens (primary N) is 1. The Morgan fingerprint density at radius 1 is 1.06 bits per heavy atom. The van der Waals surface area contributed by atoms with Crippen LogP contribution in [0.2, 0.25) is 0 Å². The molecule has 2 aromatic rings. The molecule has 0 fully saturated rings. The normalized spacial score (nSPS) is 14.6. The van der Waals surface area contributed by atoms with Crippen LogP contribution in [0.25, 0.3) is 10.8 Å². The Labute approximate surface area is 202 Å². The Morgan fingerprint density at radius 3 is 2.21 bits per heavy atom. The zero-order chi connectivity index (χ0) is 25.8. The van der Waals surface area contributed by atoms with Gasteiger partial charge in [-0.3, -0.25) is 9.59 Å². The van der Waals surface area contributed by atoms with Crippen molar-refractivity contribution in [2.75, 3.05) is 12.0 Å². The van der Waals surface area contributed by atoms with Crippen LogP contribution in [0, 0.1) is 11.8 Å². The van der Waals surface area contributed by atoms with E-state index in [1.807, 2.05) is 42.5 Å². The van der Waals surface area contributed by atoms with E-state index in [2.05, 4.69) is 0 Å². The van der Waals surface area contributed by atoms with Gasteiger partial charge >= 0.3 is 8.03 Å². The fourth-order valence-corrected chi connectivity index (χ4v) is 5.33. The Kier molecular flexibility index (Phi) is 9.10. The van der Waals surface area contributed by atoms with Crippen LogP contribution in [0.5, 0.6) is 0 Å². The van der Waals surface area contributed by atoms with Crippen molar-refractivity contribution in [3.8, 4) is 0 Å². The van der Waals surface area contributed by atoms with Crippen LogP contribution < -0.4 is 5.73 Å². The predicted octanol–water partition coefficient (Wildman–Crippen LogP) is 3.24. The lowest BCUT2D eigenvalue weighted by atomic mass is 9.94. The number of imide groups is 1. The van der Waals surface area contributed by atoms with Crippen LogP contribution >= 0.6 is 8.03 Å². The Bertz CT molecular complexity index is 1170. The average molecular weight is 510 g/mol. The lowest BCUT2D eigenvalue weighted by Crippen LogP contribution is -2.52. The molecule has 0 aromatic heterocycles. The number of sulfone groups is 1. The summed E-state index contributed by atoms with van der Waals surface area (Å²) in [5, 5.41) is 1.79. The number of carbonyl (C=O) groups is 2. The molecule has 10 heteroatoms. The van der Waals surface area contributed by atoms with Gasteiger partial charge in [-0.05, 0) is 54.0 Å². The number of hydrogen-bond acceptors (Lipinski definition) is 6. The lowest BCUT2D eigenvalue weighted by molar-refractivity contribution is -0.147. The summed E-state index contributed by atoms with van der Waals surface area (Å²) in [4.78, 5) is 36.8. The first kappa shape index (κ1) is 28.1. The molecule has 0 aliphatic heterocycles. The smallest absolute Gasteiger partial charge is 0.320 e. The third-order valence-electron chi connectivity index (χ3n) is 5.85. The Balaban J connectivity index is 2.57. The van der Waals surface area contributed by atoms with Gasteiger partial charge < -0.3 is 5.73 Å². The van der Waals surface area contributed by atoms with E-state index in [0.717, 1.165) is 16.3 Å². The number of rotatable bonds is 9. The first-order valence-corrected chi connectivity index (χ1v) is 14.1. The van der Waals surface area contributed by atoms with E-state index in [1.54, 1.807) is 34.6 Å². The quantitative estimate of drug-likeness (QED) is 0.496. The molecule has 2 aromatic carbocycles. The summed E-state index contributed by atoms with van der Waals surface area (Å²) in [5.74, 6) is -3.60. The topological polar surface area (TPSA) is 135 Å². The summed E-state index contributed by atoms with van der Waals surface area (Å²) in [5.41, 5.74) is 6.70. The molecule has 3 atom stereocenters. The van der Waals surface area contributed by atoms with Crippen LogP contribution in [0.1, 0.15) is 40.2 Å². The highest BCUT2D eigenvalue weighted by Crippen LogP contribution is 2.28. The summed E-state index contributed by atoms with van der Waals surface area (Å²) < 4.78 is 36.7. The molecular weight excluding hydrogens is 475 g/mol. The highest BCUT2D eigenvalue weighted by molar-refractivity contribution is 7.92. The molecule has 3 N–H and O–H groups in total. The Hall–Kier alpha value is -2.19. The van der Waals surface area contributed by atoms with Crippen molar-refractivity contribution in [1.82, 2.24) is 4.90 Å². The van der Waals surface area contributed by atoms with Gasteiger partial charge in [-0.25, -0.2) is 13.3 Å². The molecule has 0 aliphatic carbocycles. The number of fused-ring (bicyclic) bond motifs is 1. The highest BCUT2D eigenvalue weighted by Gasteiger charge is 2.41. The monoisotopic (exact) mass is 509 g/mol. The first-order valence-electron chi connectivity index (χ1n) is 11.1. The fourth-order valence-electron chi connectivity index (χ4n) is 3.52. The van der Waals surface area contributed by atoms with Gasteiger partial charge in [0.1, 0.15) is 0 Å². The first-order chi connectivity index (χ1) is 15.7. The third-order valence-corrected chi connectivity index (χ3v) is 9.08. The van der Waals surface area contributed by atoms with Gasteiger partial charge in [0, 0.05) is 0 Å². The molecule has 0 radical (unpaired) electrons. The van der Waals surface area contributed by atoms with Crippen molar-refractivity contribution >= 4 is 40.5 Å². The van der Waals surface area contributed by atoms with Crippen molar-refractivity contribution in [2.45, 2.75) is 51.8 Å². The molecule has 2 amide bonds. The lowest BCUT2D eigenvalue weighted by Gasteiger charge is -2.28. The molecule has 0 saturated heterocycles. The maximum atomic E-state index is 13.6. The van der Waals surface area contributed by atoms with Crippen molar-refractivity contribution in [3.63, 3.8) is 0 Å². The molecule has 0 saturated carbocycles. The molecule has 34 heavy (non-hydrogen) atoms.